The van der Waals surface area contributed by atoms with Crippen molar-refractivity contribution in [1.82, 2.24) is 0 Å². The fourth-order valence-electron chi connectivity index (χ4n) is 2.17. The van der Waals surface area contributed by atoms with Gasteiger partial charge in [0.1, 0.15) is 18.1 Å². The van der Waals surface area contributed by atoms with Gasteiger partial charge in [-0.05, 0) is 46.6 Å². The predicted octanol–water partition coefficient (Wildman–Crippen LogP) is 3.98. The Morgan fingerprint density at radius 1 is 1.17 bits per heavy atom. The molecule has 122 valence electrons. The minimum Gasteiger partial charge on any atom is -0.486 e. The Morgan fingerprint density at radius 3 is 2.52 bits per heavy atom. The third kappa shape index (κ3) is 3.27. The molecule has 0 saturated heterocycles. The van der Waals surface area contributed by atoms with E-state index in [1.165, 1.54) is 6.07 Å². The van der Waals surface area contributed by atoms with E-state index >= 15 is 0 Å². The van der Waals surface area contributed by atoms with E-state index < -0.39 is 10.0 Å². The number of rotatable bonds is 3. The van der Waals surface area contributed by atoms with Crippen molar-refractivity contribution >= 4 is 43.2 Å². The fraction of sp³-hybridized carbons (Fsp3) is 0.200. The van der Waals surface area contributed by atoms with E-state index in [9.17, 15) is 8.42 Å². The van der Waals surface area contributed by atoms with Crippen molar-refractivity contribution in [1.29, 1.82) is 0 Å². The zero-order chi connectivity index (χ0) is 16.6. The van der Waals surface area contributed by atoms with Crippen molar-refractivity contribution in [3.05, 3.63) is 45.4 Å². The lowest BCUT2D eigenvalue weighted by Crippen LogP contribution is -2.18. The van der Waals surface area contributed by atoms with Crippen LogP contribution in [0.5, 0.6) is 11.5 Å². The molecular formula is C15H13BrClNO4S. The van der Waals surface area contributed by atoms with Crippen molar-refractivity contribution < 1.29 is 17.9 Å². The van der Waals surface area contributed by atoms with Gasteiger partial charge in [0.25, 0.3) is 10.0 Å². The predicted molar refractivity (Wildman–Crippen MR) is 92.1 cm³/mol. The number of benzene rings is 2. The molecule has 0 fully saturated rings. The van der Waals surface area contributed by atoms with E-state index in [0.717, 1.165) is 0 Å². The lowest BCUT2D eigenvalue weighted by Gasteiger charge is -2.20. The van der Waals surface area contributed by atoms with Crippen LogP contribution in [0.4, 0.5) is 5.69 Å². The summed E-state index contributed by atoms with van der Waals surface area (Å²) in [6.45, 7) is 2.57. The van der Waals surface area contributed by atoms with Crippen LogP contribution >= 0.6 is 27.5 Å². The first-order valence-electron chi connectivity index (χ1n) is 6.75. The summed E-state index contributed by atoms with van der Waals surface area (Å²) in [6.07, 6.45) is 0. The van der Waals surface area contributed by atoms with Crippen LogP contribution in [0.1, 0.15) is 5.56 Å². The van der Waals surface area contributed by atoms with Crippen LogP contribution in [0, 0.1) is 6.92 Å². The number of halogens is 2. The minimum atomic E-state index is -3.81. The summed E-state index contributed by atoms with van der Waals surface area (Å²) in [5, 5.41) is 0.492. The summed E-state index contributed by atoms with van der Waals surface area (Å²) < 4.78 is 39.2. The van der Waals surface area contributed by atoms with Crippen molar-refractivity contribution in [2.75, 3.05) is 17.9 Å². The van der Waals surface area contributed by atoms with Gasteiger partial charge in [-0.2, -0.15) is 0 Å². The SMILES string of the molecule is Cc1c(Cl)cccc1NS(=O)(=O)c1cc2c(cc1Br)OCCO2. The van der Waals surface area contributed by atoms with Gasteiger partial charge in [-0.3, -0.25) is 4.72 Å². The smallest absolute Gasteiger partial charge is 0.263 e. The number of hydrogen-bond acceptors (Lipinski definition) is 4. The Kier molecular flexibility index (Phi) is 4.44. The van der Waals surface area contributed by atoms with Crippen LogP contribution in [-0.4, -0.2) is 21.6 Å². The number of hydrogen-bond donors (Lipinski definition) is 1. The Bertz CT molecular complexity index is 870. The summed E-state index contributed by atoms with van der Waals surface area (Å²) >= 11 is 9.31. The molecule has 1 aliphatic rings. The summed E-state index contributed by atoms with van der Waals surface area (Å²) in [4.78, 5) is 0.0705. The molecule has 0 radical (unpaired) electrons. The first-order chi connectivity index (χ1) is 10.9. The summed E-state index contributed by atoms with van der Waals surface area (Å²) in [6, 6.07) is 8.08. The Hall–Kier alpha value is -1.44. The number of nitrogens with one attached hydrogen (secondary N) is 1. The van der Waals surface area contributed by atoms with Gasteiger partial charge in [-0.1, -0.05) is 17.7 Å². The molecule has 1 aliphatic heterocycles. The highest BCUT2D eigenvalue weighted by molar-refractivity contribution is 9.10. The molecule has 0 atom stereocenters. The number of fused-ring (bicyclic) bond motifs is 1. The van der Waals surface area contributed by atoms with Gasteiger partial charge in [-0.25, -0.2) is 8.42 Å². The molecule has 2 aromatic carbocycles. The van der Waals surface area contributed by atoms with E-state index in [-0.39, 0.29) is 4.90 Å². The number of sulfonamides is 1. The van der Waals surface area contributed by atoms with Gasteiger partial charge >= 0.3 is 0 Å². The lowest BCUT2D eigenvalue weighted by atomic mass is 10.2. The highest BCUT2D eigenvalue weighted by Gasteiger charge is 2.24. The maximum atomic E-state index is 12.7. The molecule has 3 rings (SSSR count). The topological polar surface area (TPSA) is 64.6 Å². The third-order valence-corrected chi connectivity index (χ3v) is 6.13. The largest absolute Gasteiger partial charge is 0.486 e. The molecular weight excluding hydrogens is 406 g/mol. The molecule has 2 aromatic rings. The van der Waals surface area contributed by atoms with Crippen molar-refractivity contribution in [2.24, 2.45) is 0 Å². The first kappa shape index (κ1) is 16.4. The first-order valence-corrected chi connectivity index (χ1v) is 9.41. The zero-order valence-corrected chi connectivity index (χ0v) is 15.3. The zero-order valence-electron chi connectivity index (χ0n) is 12.1. The number of ether oxygens (including phenoxy) is 2. The van der Waals surface area contributed by atoms with Gasteiger partial charge in [0, 0.05) is 15.6 Å². The number of anilines is 1. The normalized spacial score (nSPS) is 13.7. The van der Waals surface area contributed by atoms with Gasteiger partial charge in [0.2, 0.25) is 0 Å². The maximum absolute atomic E-state index is 12.7. The molecule has 0 bridgehead atoms. The van der Waals surface area contributed by atoms with Crippen LogP contribution < -0.4 is 14.2 Å². The van der Waals surface area contributed by atoms with E-state index in [2.05, 4.69) is 20.7 Å². The Morgan fingerprint density at radius 2 is 1.83 bits per heavy atom. The standard InChI is InChI=1S/C15H13BrClNO4S/c1-9-11(17)3-2-4-12(9)18-23(19,20)15-8-14-13(7-10(15)16)21-5-6-22-14/h2-4,7-8,18H,5-6H2,1H3. The highest BCUT2D eigenvalue weighted by Crippen LogP contribution is 2.38. The van der Waals surface area contributed by atoms with E-state index in [4.69, 9.17) is 21.1 Å². The van der Waals surface area contributed by atoms with Crippen LogP contribution in [0.25, 0.3) is 0 Å². The van der Waals surface area contributed by atoms with Crippen LogP contribution in [0.15, 0.2) is 39.7 Å². The van der Waals surface area contributed by atoms with E-state index in [1.54, 1.807) is 31.2 Å². The lowest BCUT2D eigenvalue weighted by molar-refractivity contribution is 0.171. The van der Waals surface area contributed by atoms with Gasteiger partial charge in [-0.15, -0.1) is 0 Å². The quantitative estimate of drug-likeness (QED) is 0.819. The van der Waals surface area contributed by atoms with Crippen molar-refractivity contribution in [3.63, 3.8) is 0 Å². The Labute approximate surface area is 147 Å². The van der Waals surface area contributed by atoms with Gasteiger partial charge in [0.05, 0.1) is 5.69 Å². The molecule has 0 unspecified atom stereocenters. The molecule has 5 nitrogen and oxygen atoms in total. The van der Waals surface area contributed by atoms with Crippen molar-refractivity contribution in [2.45, 2.75) is 11.8 Å². The van der Waals surface area contributed by atoms with Crippen molar-refractivity contribution in [3.8, 4) is 11.5 Å². The van der Waals surface area contributed by atoms with Crippen LogP contribution in [-0.2, 0) is 10.0 Å². The van der Waals surface area contributed by atoms with Gasteiger partial charge in [0.15, 0.2) is 11.5 Å². The molecule has 1 N–H and O–H groups in total. The van der Waals surface area contributed by atoms with E-state index in [1.807, 2.05) is 0 Å². The second-order valence-corrected chi connectivity index (χ2v) is 7.86. The average Bonchev–Trinajstić information content (AvgIpc) is 2.51. The molecule has 0 aliphatic carbocycles. The fourth-order valence-corrected chi connectivity index (χ4v) is 4.50. The molecule has 0 aromatic heterocycles. The van der Waals surface area contributed by atoms with E-state index in [0.29, 0.717) is 45.5 Å². The molecule has 8 heteroatoms. The maximum Gasteiger partial charge on any atom is 0.263 e. The molecule has 0 spiro atoms. The second-order valence-electron chi connectivity index (χ2n) is 4.94. The monoisotopic (exact) mass is 417 g/mol. The van der Waals surface area contributed by atoms with Crippen LogP contribution in [0.3, 0.4) is 0 Å². The summed E-state index contributed by atoms with van der Waals surface area (Å²) in [7, 11) is -3.81. The summed E-state index contributed by atoms with van der Waals surface area (Å²) in [5.41, 5.74) is 1.09. The minimum absolute atomic E-state index is 0.0705. The molecule has 23 heavy (non-hydrogen) atoms. The Balaban J connectivity index is 2.01. The molecule has 1 heterocycles. The highest BCUT2D eigenvalue weighted by atomic mass is 79.9. The average molecular weight is 419 g/mol. The third-order valence-electron chi connectivity index (χ3n) is 3.40. The van der Waals surface area contributed by atoms with Crippen LogP contribution in [0.2, 0.25) is 5.02 Å². The molecule has 0 saturated carbocycles. The van der Waals surface area contributed by atoms with Gasteiger partial charge < -0.3 is 9.47 Å². The molecule has 0 amide bonds. The summed E-state index contributed by atoms with van der Waals surface area (Å²) in [5.74, 6) is 0.920. The second kappa shape index (κ2) is 6.22.